The molecule has 0 aromatic carbocycles. The van der Waals surface area contributed by atoms with E-state index in [1.807, 2.05) is 0 Å². The first kappa shape index (κ1) is 43.9. The van der Waals surface area contributed by atoms with E-state index >= 15 is 0 Å². The van der Waals surface area contributed by atoms with Gasteiger partial charge in [-0.3, -0.25) is 4.79 Å². The molecule has 0 aromatic heterocycles. The van der Waals surface area contributed by atoms with Crippen molar-refractivity contribution in [3.8, 4) is 0 Å². The van der Waals surface area contributed by atoms with E-state index in [-0.39, 0.29) is 30.9 Å². The maximum atomic E-state index is 9.90. The van der Waals surface area contributed by atoms with Crippen LogP contribution in [-0.4, -0.2) is 88.6 Å². The largest absolute Gasteiger partial charge is 0.481 e. The number of aldehydes is 1. The second-order valence-corrected chi connectivity index (χ2v) is 4.42. The maximum absolute atomic E-state index is 9.90. The van der Waals surface area contributed by atoms with E-state index in [9.17, 15) is 4.79 Å². The number of aliphatic hydroxyl groups is 5. The van der Waals surface area contributed by atoms with Crippen LogP contribution in [0.15, 0.2) is 0 Å². The van der Waals surface area contributed by atoms with Gasteiger partial charge in [0.25, 0.3) is 5.97 Å². The van der Waals surface area contributed by atoms with Crippen LogP contribution in [0, 0.1) is 0 Å². The molecule has 0 bridgehead atoms. The quantitative estimate of drug-likeness (QED) is 0.155. The first-order valence-corrected chi connectivity index (χ1v) is 6.60. The van der Waals surface area contributed by atoms with Crippen molar-refractivity contribution >= 4 is 20.1 Å². The summed E-state index contributed by atoms with van der Waals surface area (Å²) in [5.41, 5.74) is 0. The lowest BCUT2D eigenvalue weighted by Gasteiger charge is -2.22. The molecule has 0 saturated heterocycles. The van der Waals surface area contributed by atoms with E-state index in [1.54, 1.807) is 0 Å². The summed E-state index contributed by atoms with van der Waals surface area (Å²) < 4.78 is 8.88. The topological polar surface area (TPSA) is 373 Å². The molecule has 0 aliphatic heterocycles. The van der Waals surface area contributed by atoms with Gasteiger partial charge in [-0.15, -0.1) is 0 Å². The standard InChI is InChI=1S/C6H12O6.C2H4O2.4H3N.H3O4P/c7-1-3(9)5(11)6(12)4(10)2-8;1-2(3)4;;;;;1-5(2,3)4/h1,3-6,8-12H,2H2;1H3,(H,3,4);4*1H3;(H3,1,2,3,4). The van der Waals surface area contributed by atoms with Gasteiger partial charge in [0.05, 0.1) is 6.61 Å². The summed E-state index contributed by atoms with van der Waals surface area (Å²) in [6.07, 6.45) is -6.84. The SMILES string of the molecule is CC(=O)O.N.N.N.N.O=CC(O)C(O)C(O)C(O)CO.O=P(O)(O)O. The summed E-state index contributed by atoms with van der Waals surface area (Å²) in [5.74, 6) is -0.833. The van der Waals surface area contributed by atoms with Crippen molar-refractivity contribution in [1.82, 2.24) is 24.6 Å². The number of aliphatic hydroxyl groups excluding tert-OH is 5. The number of carboxylic acids is 1. The molecule has 0 spiro atoms. The van der Waals surface area contributed by atoms with E-state index in [2.05, 4.69) is 0 Å². The van der Waals surface area contributed by atoms with Gasteiger partial charge in [0.2, 0.25) is 0 Å². The highest BCUT2D eigenvalue weighted by Gasteiger charge is 2.29. The Hall–Kier alpha value is -1.11. The first-order valence-electron chi connectivity index (χ1n) is 5.04. The molecule has 17 heteroatoms. The fourth-order valence-corrected chi connectivity index (χ4v) is 0.618. The van der Waals surface area contributed by atoms with Gasteiger partial charge in [-0.1, -0.05) is 0 Å². The van der Waals surface area contributed by atoms with E-state index in [0.29, 0.717) is 0 Å². The predicted molar refractivity (Wildman–Crippen MR) is 84.8 cm³/mol. The Morgan fingerprint density at radius 1 is 0.960 bits per heavy atom. The van der Waals surface area contributed by atoms with Gasteiger partial charge in [-0.05, 0) is 0 Å². The number of rotatable bonds is 5. The smallest absolute Gasteiger partial charge is 0.466 e. The summed E-state index contributed by atoms with van der Waals surface area (Å²) in [4.78, 5) is 40.5. The molecule has 0 fully saturated rings. The van der Waals surface area contributed by atoms with E-state index < -0.39 is 44.8 Å². The van der Waals surface area contributed by atoms with Crippen molar-refractivity contribution in [2.24, 2.45) is 0 Å². The van der Waals surface area contributed by atoms with Crippen molar-refractivity contribution in [3.05, 3.63) is 0 Å². The monoisotopic (exact) mass is 406 g/mol. The van der Waals surface area contributed by atoms with Crippen LogP contribution in [0.2, 0.25) is 0 Å². The number of carbonyl (C=O) groups excluding carboxylic acids is 1. The molecule has 160 valence electrons. The zero-order valence-electron chi connectivity index (χ0n) is 13.6. The van der Waals surface area contributed by atoms with Crippen LogP contribution in [0.3, 0.4) is 0 Å². The fourth-order valence-electron chi connectivity index (χ4n) is 0.618. The minimum absolute atomic E-state index is 0. The van der Waals surface area contributed by atoms with Crippen LogP contribution in [0.1, 0.15) is 6.92 Å². The van der Waals surface area contributed by atoms with Gasteiger partial charge in [-0.2, -0.15) is 0 Å². The summed E-state index contributed by atoms with van der Waals surface area (Å²) in [6, 6.07) is 0. The van der Waals surface area contributed by atoms with Crippen LogP contribution in [0.4, 0.5) is 0 Å². The Labute approximate surface area is 143 Å². The first-order chi connectivity index (χ1) is 9.27. The molecule has 16 nitrogen and oxygen atoms in total. The molecular weight excluding hydrogens is 375 g/mol. The second kappa shape index (κ2) is 22.9. The van der Waals surface area contributed by atoms with Crippen molar-refractivity contribution in [3.63, 3.8) is 0 Å². The summed E-state index contributed by atoms with van der Waals surface area (Å²) in [6.45, 7) is 0.323. The highest BCUT2D eigenvalue weighted by molar-refractivity contribution is 7.45. The average molecular weight is 406 g/mol. The lowest BCUT2D eigenvalue weighted by molar-refractivity contribution is -0.136. The molecule has 0 saturated carbocycles. The molecule has 4 atom stereocenters. The van der Waals surface area contributed by atoms with Crippen molar-refractivity contribution < 1.29 is 59.5 Å². The minimum atomic E-state index is -4.64. The number of carboxylic acid groups (broad SMARTS) is 1. The van der Waals surface area contributed by atoms with Gasteiger partial charge >= 0.3 is 7.82 Å². The molecule has 4 unspecified atom stereocenters. The number of hydrogen-bond donors (Lipinski definition) is 13. The highest BCUT2D eigenvalue weighted by atomic mass is 31.2. The van der Waals surface area contributed by atoms with Crippen LogP contribution >= 0.6 is 7.82 Å². The molecule has 0 aromatic rings. The molecule has 0 aliphatic rings. The molecule has 0 heterocycles. The van der Waals surface area contributed by atoms with Crippen molar-refractivity contribution in [1.29, 1.82) is 0 Å². The fraction of sp³-hybridized carbons (Fsp3) is 0.750. The number of carbonyl (C=O) groups is 2. The lowest BCUT2D eigenvalue weighted by Crippen LogP contribution is -2.46. The Kier molecular flexibility index (Phi) is 40.2. The number of aliphatic carboxylic acids is 1. The Balaban J connectivity index is -0.0000000428. The Morgan fingerprint density at radius 2 is 1.20 bits per heavy atom. The summed E-state index contributed by atoms with van der Waals surface area (Å²) >= 11 is 0. The minimum Gasteiger partial charge on any atom is -0.481 e. The van der Waals surface area contributed by atoms with E-state index in [1.165, 1.54) is 0 Å². The van der Waals surface area contributed by atoms with Crippen LogP contribution in [0.25, 0.3) is 0 Å². The second-order valence-electron chi connectivity index (χ2n) is 3.39. The predicted octanol–water partition coefficient (Wildman–Crippen LogP) is -3.57. The van der Waals surface area contributed by atoms with Crippen molar-refractivity contribution in [2.45, 2.75) is 31.3 Å². The third-order valence-electron chi connectivity index (χ3n) is 1.42. The third-order valence-corrected chi connectivity index (χ3v) is 1.42. The lowest BCUT2D eigenvalue weighted by atomic mass is 10.0. The van der Waals surface area contributed by atoms with Gasteiger partial charge in [0, 0.05) is 6.92 Å². The highest BCUT2D eigenvalue weighted by Crippen LogP contribution is 2.25. The third kappa shape index (κ3) is 45.1. The molecule has 0 radical (unpaired) electrons. The molecule has 0 aliphatic carbocycles. The summed E-state index contributed by atoms with van der Waals surface area (Å²) in [5, 5.41) is 51.0. The van der Waals surface area contributed by atoms with Gasteiger partial charge in [0.1, 0.15) is 24.4 Å². The van der Waals surface area contributed by atoms with Gasteiger partial charge in [0.15, 0.2) is 6.29 Å². The maximum Gasteiger partial charge on any atom is 0.466 e. The van der Waals surface area contributed by atoms with Crippen LogP contribution < -0.4 is 24.6 Å². The van der Waals surface area contributed by atoms with Crippen molar-refractivity contribution in [2.75, 3.05) is 6.61 Å². The van der Waals surface area contributed by atoms with Crippen LogP contribution in [-0.2, 0) is 14.2 Å². The molecule has 25 heavy (non-hydrogen) atoms. The average Bonchev–Trinajstić information content (AvgIpc) is 2.32. The summed E-state index contributed by atoms with van der Waals surface area (Å²) in [7, 11) is -4.64. The van der Waals surface area contributed by atoms with E-state index in [4.69, 9.17) is 54.7 Å². The zero-order valence-corrected chi connectivity index (χ0v) is 14.5. The number of hydrogen-bond acceptors (Lipinski definition) is 12. The Bertz CT molecular complexity index is 331. The number of phosphoric acid groups is 1. The normalized spacial score (nSPS) is 13.5. The van der Waals surface area contributed by atoms with Gasteiger partial charge in [-0.25, -0.2) is 4.57 Å². The molecule has 0 amide bonds. The van der Waals surface area contributed by atoms with E-state index in [0.717, 1.165) is 6.92 Å². The molecule has 21 N–H and O–H groups in total. The van der Waals surface area contributed by atoms with Gasteiger partial charge < -0.3 is 74.7 Å². The molecule has 0 rings (SSSR count). The Morgan fingerprint density at radius 3 is 1.36 bits per heavy atom. The molecular formula is C8H31N4O12P. The zero-order chi connectivity index (χ0) is 17.8. The van der Waals surface area contributed by atoms with Crippen LogP contribution in [0.5, 0.6) is 0 Å².